The Hall–Kier alpha value is -3.00. The highest BCUT2D eigenvalue weighted by Gasteiger charge is 2.08. The molecule has 0 unspecified atom stereocenters. The maximum atomic E-state index is 10.9. The molecule has 1 aromatic carbocycles. The Kier molecular flexibility index (Phi) is 4.90. The van der Waals surface area contributed by atoms with Crippen molar-refractivity contribution in [1.29, 1.82) is 0 Å². The number of nitro groups is 1. The lowest BCUT2D eigenvalue weighted by Crippen LogP contribution is -2.16. The minimum atomic E-state index is -0.423. The first-order valence-electron chi connectivity index (χ1n) is 7.55. The van der Waals surface area contributed by atoms with Gasteiger partial charge in [0.05, 0.1) is 23.4 Å². The Balaban J connectivity index is 1.92. The van der Waals surface area contributed by atoms with Crippen LogP contribution in [0.15, 0.2) is 62.7 Å². The molecular formula is C17H16N4O3S. The zero-order valence-corrected chi connectivity index (χ0v) is 14.6. The van der Waals surface area contributed by atoms with Crippen molar-refractivity contribution in [3.05, 3.63) is 80.0 Å². The maximum Gasteiger partial charge on any atom is 0.270 e. The molecule has 25 heavy (non-hydrogen) atoms. The first-order chi connectivity index (χ1) is 12.0. The van der Waals surface area contributed by atoms with E-state index in [2.05, 4.69) is 10.2 Å². The molecule has 0 aliphatic carbocycles. The lowest BCUT2D eigenvalue weighted by atomic mass is 10.1. The van der Waals surface area contributed by atoms with Crippen molar-refractivity contribution in [1.82, 2.24) is 4.57 Å². The van der Waals surface area contributed by atoms with Crippen LogP contribution < -0.4 is 4.80 Å². The van der Waals surface area contributed by atoms with Crippen molar-refractivity contribution in [3.63, 3.8) is 0 Å². The Bertz CT molecular complexity index is 983. The average Bonchev–Trinajstić information content (AvgIpc) is 3.24. The molecule has 3 rings (SSSR count). The number of nitrogens with zero attached hydrogens (tertiary/aromatic N) is 4. The molecule has 8 heteroatoms. The van der Waals surface area contributed by atoms with E-state index in [0.717, 1.165) is 16.3 Å². The van der Waals surface area contributed by atoms with E-state index in [-0.39, 0.29) is 5.69 Å². The van der Waals surface area contributed by atoms with Crippen LogP contribution in [0.3, 0.4) is 0 Å². The Morgan fingerprint density at radius 3 is 2.92 bits per heavy atom. The topological polar surface area (TPSA) is 85.9 Å². The van der Waals surface area contributed by atoms with Crippen molar-refractivity contribution >= 4 is 22.7 Å². The van der Waals surface area contributed by atoms with Crippen molar-refractivity contribution in [3.8, 4) is 0 Å². The highest BCUT2D eigenvalue weighted by atomic mass is 32.1. The monoisotopic (exact) mass is 356 g/mol. The number of benzene rings is 1. The van der Waals surface area contributed by atoms with Crippen LogP contribution in [0.5, 0.6) is 0 Å². The molecule has 0 saturated carbocycles. The number of thiazole rings is 1. The molecule has 2 aromatic heterocycles. The highest BCUT2D eigenvalue weighted by Crippen LogP contribution is 2.14. The van der Waals surface area contributed by atoms with Gasteiger partial charge in [0, 0.05) is 28.8 Å². The van der Waals surface area contributed by atoms with Gasteiger partial charge < -0.3 is 8.98 Å². The van der Waals surface area contributed by atoms with Crippen LogP contribution >= 0.6 is 11.3 Å². The molecule has 0 aliphatic rings. The van der Waals surface area contributed by atoms with E-state index >= 15 is 0 Å². The summed E-state index contributed by atoms with van der Waals surface area (Å²) in [7, 11) is 0. The number of nitro benzene ring substituents is 1. The van der Waals surface area contributed by atoms with Crippen molar-refractivity contribution in [2.24, 2.45) is 10.2 Å². The summed E-state index contributed by atoms with van der Waals surface area (Å²) in [6.45, 7) is 4.35. The smallest absolute Gasteiger partial charge is 0.270 e. The molecule has 0 aliphatic heterocycles. The summed E-state index contributed by atoms with van der Waals surface area (Å²) in [6, 6.07) is 10.1. The molecule has 128 valence electrons. The van der Waals surface area contributed by atoms with Gasteiger partial charge in [0.2, 0.25) is 4.80 Å². The zero-order valence-electron chi connectivity index (χ0n) is 13.7. The van der Waals surface area contributed by atoms with Crippen LogP contribution in [-0.4, -0.2) is 15.2 Å². The molecule has 0 fully saturated rings. The minimum Gasteiger partial charge on any atom is -0.467 e. The number of hydrogen-bond donors (Lipinski definition) is 0. The van der Waals surface area contributed by atoms with E-state index in [4.69, 9.17) is 4.42 Å². The van der Waals surface area contributed by atoms with Gasteiger partial charge in [0.1, 0.15) is 5.76 Å². The second-order valence-electron chi connectivity index (χ2n) is 5.42. The van der Waals surface area contributed by atoms with E-state index in [9.17, 15) is 10.1 Å². The van der Waals surface area contributed by atoms with Crippen LogP contribution in [0.4, 0.5) is 5.69 Å². The second-order valence-corrected chi connectivity index (χ2v) is 6.25. The van der Waals surface area contributed by atoms with Gasteiger partial charge in [-0.2, -0.15) is 5.10 Å². The lowest BCUT2D eigenvalue weighted by Gasteiger charge is -2.02. The van der Waals surface area contributed by atoms with Crippen LogP contribution in [-0.2, 0) is 6.54 Å². The average molecular weight is 356 g/mol. The van der Waals surface area contributed by atoms with Gasteiger partial charge in [0.25, 0.3) is 5.69 Å². The predicted octanol–water partition coefficient (Wildman–Crippen LogP) is 3.73. The van der Waals surface area contributed by atoms with Crippen LogP contribution in [0.2, 0.25) is 0 Å². The molecule has 0 bridgehead atoms. The number of rotatable bonds is 5. The predicted molar refractivity (Wildman–Crippen MR) is 95.7 cm³/mol. The zero-order chi connectivity index (χ0) is 17.8. The third-order valence-electron chi connectivity index (χ3n) is 3.65. The number of non-ortho nitro benzene ring substituents is 1. The van der Waals surface area contributed by atoms with E-state index < -0.39 is 4.92 Å². The Labute approximate surface area is 147 Å². The SMILES string of the molecule is CC(=NN=c1scc(C)n1Cc1ccco1)c1cccc([N+](=O)[O-])c1. The lowest BCUT2D eigenvalue weighted by molar-refractivity contribution is -0.384. The first-order valence-corrected chi connectivity index (χ1v) is 8.43. The van der Waals surface area contributed by atoms with E-state index in [1.807, 2.05) is 29.0 Å². The van der Waals surface area contributed by atoms with E-state index in [1.54, 1.807) is 25.3 Å². The van der Waals surface area contributed by atoms with Gasteiger partial charge in [-0.15, -0.1) is 16.4 Å². The summed E-state index contributed by atoms with van der Waals surface area (Å²) < 4.78 is 7.40. The van der Waals surface area contributed by atoms with Gasteiger partial charge in [-0.05, 0) is 26.0 Å². The first kappa shape index (κ1) is 16.8. The summed E-state index contributed by atoms with van der Waals surface area (Å²) in [4.78, 5) is 11.2. The summed E-state index contributed by atoms with van der Waals surface area (Å²) in [6.07, 6.45) is 1.64. The van der Waals surface area contributed by atoms with Gasteiger partial charge >= 0.3 is 0 Å². The van der Waals surface area contributed by atoms with Crippen LogP contribution in [0.25, 0.3) is 0 Å². The summed E-state index contributed by atoms with van der Waals surface area (Å²) in [5, 5.41) is 21.4. The maximum absolute atomic E-state index is 10.9. The molecule has 0 saturated heterocycles. The highest BCUT2D eigenvalue weighted by molar-refractivity contribution is 7.07. The largest absolute Gasteiger partial charge is 0.467 e. The van der Waals surface area contributed by atoms with Crippen molar-refractivity contribution < 1.29 is 9.34 Å². The van der Waals surface area contributed by atoms with Crippen molar-refractivity contribution in [2.75, 3.05) is 0 Å². The fraction of sp³-hybridized carbons (Fsp3) is 0.176. The summed E-state index contributed by atoms with van der Waals surface area (Å²) >= 11 is 1.48. The Morgan fingerprint density at radius 2 is 2.20 bits per heavy atom. The third-order valence-corrected chi connectivity index (χ3v) is 4.62. The summed E-state index contributed by atoms with van der Waals surface area (Å²) in [5.74, 6) is 0.835. The van der Waals surface area contributed by atoms with Gasteiger partial charge in [0.15, 0.2) is 0 Å². The molecule has 7 nitrogen and oxygen atoms in total. The number of hydrogen-bond acceptors (Lipinski definition) is 6. The Morgan fingerprint density at radius 1 is 1.36 bits per heavy atom. The third kappa shape index (κ3) is 3.92. The molecule has 0 spiro atoms. The van der Waals surface area contributed by atoms with Crippen molar-refractivity contribution in [2.45, 2.75) is 20.4 Å². The van der Waals surface area contributed by atoms with Crippen LogP contribution in [0.1, 0.15) is 23.9 Å². The van der Waals surface area contributed by atoms with Crippen LogP contribution in [0, 0.1) is 17.0 Å². The fourth-order valence-corrected chi connectivity index (χ4v) is 3.09. The standard InChI is InChI=1S/C17H16N4O3S/c1-12-11-25-17(20(12)10-16-7-4-8-24-16)19-18-13(2)14-5-3-6-15(9-14)21(22)23/h3-9,11H,10H2,1-2H3. The molecular weight excluding hydrogens is 340 g/mol. The second kappa shape index (κ2) is 7.27. The quantitative estimate of drug-likeness (QED) is 0.396. The normalized spacial score (nSPS) is 12.6. The molecule has 0 N–H and O–H groups in total. The van der Waals surface area contributed by atoms with E-state index in [1.165, 1.54) is 23.5 Å². The fourth-order valence-electron chi connectivity index (χ4n) is 2.26. The van der Waals surface area contributed by atoms with Gasteiger partial charge in [-0.25, -0.2) is 0 Å². The molecule has 0 amide bonds. The molecule has 2 heterocycles. The molecule has 0 atom stereocenters. The molecule has 0 radical (unpaired) electrons. The minimum absolute atomic E-state index is 0.0342. The molecule has 3 aromatic rings. The summed E-state index contributed by atoms with van der Waals surface area (Å²) in [5.41, 5.74) is 2.37. The van der Waals surface area contributed by atoms with Gasteiger partial charge in [-0.3, -0.25) is 10.1 Å². The van der Waals surface area contributed by atoms with Gasteiger partial charge in [-0.1, -0.05) is 12.1 Å². The number of aryl methyl sites for hydroxylation is 1. The van der Waals surface area contributed by atoms with E-state index in [0.29, 0.717) is 17.8 Å². The number of aromatic nitrogens is 1. The number of furan rings is 1.